The molecule has 0 unspecified atom stereocenters. The summed E-state index contributed by atoms with van der Waals surface area (Å²) in [5, 5.41) is 4.01. The molecule has 0 radical (unpaired) electrons. The van der Waals surface area contributed by atoms with E-state index in [-0.39, 0.29) is 11.9 Å². The fourth-order valence-electron chi connectivity index (χ4n) is 1.53. The minimum absolute atomic E-state index is 0.0110. The standard InChI is InChI=1S/C12H15N5O2/c1-3-9(13)10-5-4-8(6-14-10)17-7-15-11(16-17)12(18)19-2/h4-7,9H,3,13H2,1-2H3/t9-/m1/s1. The molecule has 0 saturated heterocycles. The van der Waals surface area contributed by atoms with E-state index < -0.39 is 5.97 Å². The Labute approximate surface area is 110 Å². The summed E-state index contributed by atoms with van der Waals surface area (Å²) in [5.41, 5.74) is 7.41. The Bertz CT molecular complexity index is 564. The Hall–Kier alpha value is -2.28. The smallest absolute Gasteiger partial charge is 0.377 e. The zero-order chi connectivity index (χ0) is 13.8. The first-order chi connectivity index (χ1) is 9.15. The molecule has 0 bridgehead atoms. The van der Waals surface area contributed by atoms with Crippen LogP contribution in [0.25, 0.3) is 5.69 Å². The number of hydrogen-bond donors (Lipinski definition) is 1. The van der Waals surface area contributed by atoms with Gasteiger partial charge in [0.15, 0.2) is 0 Å². The molecule has 2 N–H and O–H groups in total. The van der Waals surface area contributed by atoms with Gasteiger partial charge in [-0.15, -0.1) is 5.10 Å². The topological polar surface area (TPSA) is 95.9 Å². The van der Waals surface area contributed by atoms with Crippen LogP contribution in [0.5, 0.6) is 0 Å². The van der Waals surface area contributed by atoms with Gasteiger partial charge in [-0.2, -0.15) is 0 Å². The molecule has 100 valence electrons. The lowest BCUT2D eigenvalue weighted by atomic mass is 10.1. The third-order valence-corrected chi connectivity index (χ3v) is 2.71. The van der Waals surface area contributed by atoms with E-state index in [1.165, 1.54) is 18.1 Å². The van der Waals surface area contributed by atoms with Crippen LogP contribution >= 0.6 is 0 Å². The van der Waals surface area contributed by atoms with E-state index in [0.717, 1.165) is 12.1 Å². The number of nitrogens with two attached hydrogens (primary N) is 1. The average Bonchev–Trinajstić information content (AvgIpc) is 2.95. The molecule has 0 spiro atoms. The summed E-state index contributed by atoms with van der Waals surface area (Å²) < 4.78 is 6.00. The summed E-state index contributed by atoms with van der Waals surface area (Å²) in [7, 11) is 1.28. The molecule has 2 rings (SSSR count). The van der Waals surface area contributed by atoms with Gasteiger partial charge in [-0.1, -0.05) is 6.92 Å². The molecule has 7 heteroatoms. The number of methoxy groups -OCH3 is 1. The van der Waals surface area contributed by atoms with E-state index in [1.807, 2.05) is 19.1 Å². The maximum absolute atomic E-state index is 11.2. The van der Waals surface area contributed by atoms with Gasteiger partial charge in [-0.25, -0.2) is 14.5 Å². The van der Waals surface area contributed by atoms with Gasteiger partial charge in [0.2, 0.25) is 0 Å². The first kappa shape index (κ1) is 13.2. The number of pyridine rings is 1. The average molecular weight is 261 g/mol. The summed E-state index contributed by atoms with van der Waals surface area (Å²) in [6, 6.07) is 3.59. The second kappa shape index (κ2) is 5.57. The van der Waals surface area contributed by atoms with Crippen molar-refractivity contribution in [2.45, 2.75) is 19.4 Å². The van der Waals surface area contributed by atoms with Crippen molar-refractivity contribution in [2.75, 3.05) is 7.11 Å². The second-order valence-corrected chi connectivity index (χ2v) is 3.96. The van der Waals surface area contributed by atoms with Crippen molar-refractivity contribution in [3.63, 3.8) is 0 Å². The highest BCUT2D eigenvalue weighted by atomic mass is 16.5. The van der Waals surface area contributed by atoms with Crippen molar-refractivity contribution >= 4 is 5.97 Å². The van der Waals surface area contributed by atoms with Crippen LogP contribution < -0.4 is 5.73 Å². The number of esters is 1. The normalized spacial score (nSPS) is 12.2. The molecule has 19 heavy (non-hydrogen) atoms. The highest BCUT2D eigenvalue weighted by Crippen LogP contribution is 2.12. The Morgan fingerprint density at radius 2 is 2.26 bits per heavy atom. The van der Waals surface area contributed by atoms with Crippen molar-refractivity contribution in [2.24, 2.45) is 5.73 Å². The molecule has 0 aromatic carbocycles. The summed E-state index contributed by atoms with van der Waals surface area (Å²) in [5.74, 6) is -0.562. The summed E-state index contributed by atoms with van der Waals surface area (Å²) in [6.45, 7) is 2.00. The Kier molecular flexibility index (Phi) is 3.86. The molecule has 0 amide bonds. The van der Waals surface area contributed by atoms with Crippen molar-refractivity contribution in [3.05, 3.63) is 36.2 Å². The highest BCUT2D eigenvalue weighted by Gasteiger charge is 2.12. The summed E-state index contributed by atoms with van der Waals surface area (Å²) in [6.07, 6.45) is 3.89. The van der Waals surface area contributed by atoms with Gasteiger partial charge in [0.1, 0.15) is 6.33 Å². The minimum atomic E-state index is -0.573. The van der Waals surface area contributed by atoms with E-state index in [2.05, 4.69) is 19.8 Å². The molecule has 7 nitrogen and oxygen atoms in total. The van der Waals surface area contributed by atoms with Crippen LogP contribution in [0.3, 0.4) is 0 Å². The molecular weight excluding hydrogens is 246 g/mol. The maximum atomic E-state index is 11.2. The van der Waals surface area contributed by atoms with Crippen molar-refractivity contribution in [1.82, 2.24) is 19.7 Å². The molecule has 2 heterocycles. The van der Waals surface area contributed by atoms with Crippen LogP contribution in [0.2, 0.25) is 0 Å². The largest absolute Gasteiger partial charge is 0.463 e. The van der Waals surface area contributed by atoms with Crippen molar-refractivity contribution < 1.29 is 9.53 Å². The highest BCUT2D eigenvalue weighted by molar-refractivity contribution is 5.84. The lowest BCUT2D eigenvalue weighted by Crippen LogP contribution is -2.11. The lowest BCUT2D eigenvalue weighted by Gasteiger charge is -2.08. The van der Waals surface area contributed by atoms with Gasteiger partial charge >= 0.3 is 5.97 Å². The van der Waals surface area contributed by atoms with Crippen molar-refractivity contribution in [1.29, 1.82) is 0 Å². The molecule has 1 atom stereocenters. The third-order valence-electron chi connectivity index (χ3n) is 2.71. The quantitative estimate of drug-likeness (QED) is 0.820. The molecule has 2 aromatic rings. The van der Waals surface area contributed by atoms with E-state index in [4.69, 9.17) is 5.73 Å². The van der Waals surface area contributed by atoms with Crippen LogP contribution in [-0.4, -0.2) is 32.8 Å². The fraction of sp³-hybridized carbons (Fsp3) is 0.333. The summed E-state index contributed by atoms with van der Waals surface area (Å²) in [4.78, 5) is 19.4. The number of ether oxygens (including phenoxy) is 1. The van der Waals surface area contributed by atoms with Crippen LogP contribution in [0.15, 0.2) is 24.7 Å². The van der Waals surface area contributed by atoms with Gasteiger partial charge in [0.25, 0.3) is 5.82 Å². The van der Waals surface area contributed by atoms with Gasteiger partial charge < -0.3 is 10.5 Å². The van der Waals surface area contributed by atoms with Gasteiger partial charge in [-0.3, -0.25) is 4.98 Å². The second-order valence-electron chi connectivity index (χ2n) is 3.96. The minimum Gasteiger partial charge on any atom is -0.463 e. The van der Waals surface area contributed by atoms with Crippen LogP contribution in [0, 0.1) is 0 Å². The number of carbonyl (C=O) groups excluding carboxylic acids is 1. The Balaban J connectivity index is 2.22. The first-order valence-electron chi connectivity index (χ1n) is 5.87. The SMILES string of the molecule is CC[C@@H](N)c1ccc(-n2cnc(C(=O)OC)n2)cn1. The van der Waals surface area contributed by atoms with Crippen molar-refractivity contribution in [3.8, 4) is 5.69 Å². The van der Waals surface area contributed by atoms with E-state index in [9.17, 15) is 4.79 Å². The van der Waals surface area contributed by atoms with E-state index >= 15 is 0 Å². The molecule has 0 aliphatic carbocycles. The predicted molar refractivity (Wildman–Crippen MR) is 67.7 cm³/mol. The fourth-order valence-corrected chi connectivity index (χ4v) is 1.53. The Morgan fingerprint density at radius 3 is 2.84 bits per heavy atom. The molecule has 0 fully saturated rings. The predicted octanol–water partition coefficient (Wildman–Crippen LogP) is 0.859. The van der Waals surface area contributed by atoms with Gasteiger partial charge in [0.05, 0.1) is 24.7 Å². The zero-order valence-corrected chi connectivity index (χ0v) is 10.8. The van der Waals surface area contributed by atoms with Gasteiger partial charge in [-0.05, 0) is 18.6 Å². The van der Waals surface area contributed by atoms with Crippen LogP contribution in [0.4, 0.5) is 0 Å². The molecule has 0 aliphatic heterocycles. The number of hydrogen-bond acceptors (Lipinski definition) is 6. The monoisotopic (exact) mass is 261 g/mol. The number of rotatable bonds is 4. The molecular formula is C12H15N5O2. The number of carbonyl (C=O) groups is 1. The van der Waals surface area contributed by atoms with Crippen LogP contribution in [-0.2, 0) is 4.74 Å². The van der Waals surface area contributed by atoms with E-state index in [0.29, 0.717) is 5.69 Å². The third kappa shape index (κ3) is 2.76. The molecule has 2 aromatic heterocycles. The Morgan fingerprint density at radius 1 is 1.47 bits per heavy atom. The van der Waals surface area contributed by atoms with Crippen LogP contribution in [0.1, 0.15) is 35.7 Å². The summed E-state index contributed by atoms with van der Waals surface area (Å²) >= 11 is 0. The molecule has 0 saturated carbocycles. The first-order valence-corrected chi connectivity index (χ1v) is 5.87. The number of aromatic nitrogens is 4. The number of nitrogens with zero attached hydrogens (tertiary/aromatic N) is 4. The zero-order valence-electron chi connectivity index (χ0n) is 10.8. The van der Waals surface area contributed by atoms with Gasteiger partial charge in [0, 0.05) is 6.04 Å². The molecule has 0 aliphatic rings. The lowest BCUT2D eigenvalue weighted by molar-refractivity contribution is 0.0587. The maximum Gasteiger partial charge on any atom is 0.377 e. The van der Waals surface area contributed by atoms with E-state index in [1.54, 1.807) is 6.20 Å².